The summed E-state index contributed by atoms with van der Waals surface area (Å²) in [4.78, 5) is 36.5. The summed E-state index contributed by atoms with van der Waals surface area (Å²) in [6.45, 7) is 2.43. The number of amides is 1. The zero-order valence-electron chi connectivity index (χ0n) is 22.6. The summed E-state index contributed by atoms with van der Waals surface area (Å²) in [6.07, 6.45) is 1.40. The Kier molecular flexibility index (Phi) is 10.5. The number of rotatable bonds is 14. The zero-order chi connectivity index (χ0) is 28.4. The van der Waals surface area contributed by atoms with Gasteiger partial charge in [-0.05, 0) is 65.8 Å². The Hall–Kier alpha value is -4.33. The predicted molar refractivity (Wildman–Crippen MR) is 148 cm³/mol. The summed E-state index contributed by atoms with van der Waals surface area (Å²) in [6, 6.07) is 19.0. The molecule has 3 aromatic rings. The third kappa shape index (κ3) is 8.60. The van der Waals surface area contributed by atoms with Gasteiger partial charge in [0.25, 0.3) is 5.91 Å². The van der Waals surface area contributed by atoms with Gasteiger partial charge in [0.15, 0.2) is 0 Å². The monoisotopic (exact) mass is 533 g/mol. The number of nitrogens with zero attached hydrogens (tertiary/aromatic N) is 1. The van der Waals surface area contributed by atoms with Gasteiger partial charge in [0, 0.05) is 38.1 Å². The number of ether oxygens (including phenoxy) is 2. The lowest BCUT2D eigenvalue weighted by atomic mass is 10.00. The van der Waals surface area contributed by atoms with Crippen molar-refractivity contribution in [3.63, 3.8) is 0 Å². The van der Waals surface area contributed by atoms with Gasteiger partial charge in [-0.3, -0.25) is 14.4 Å². The first-order valence-corrected chi connectivity index (χ1v) is 12.9. The van der Waals surface area contributed by atoms with Crippen LogP contribution in [0.5, 0.6) is 11.5 Å². The zero-order valence-corrected chi connectivity index (χ0v) is 22.6. The molecule has 0 bridgehead atoms. The molecule has 1 amide bonds. The van der Waals surface area contributed by atoms with Crippen LogP contribution in [0.4, 0.5) is 0 Å². The molecule has 0 aliphatic heterocycles. The van der Waals surface area contributed by atoms with Crippen LogP contribution in [0.1, 0.15) is 53.2 Å². The van der Waals surface area contributed by atoms with Gasteiger partial charge in [0.05, 0.1) is 6.61 Å². The van der Waals surface area contributed by atoms with E-state index < -0.39 is 11.9 Å². The number of carbonyl (C=O) groups excluding carboxylic acids is 1. The fraction of sp³-hybridized carbons (Fsp3) is 0.323. The predicted octanol–water partition coefficient (Wildman–Crippen LogP) is 5.46. The van der Waals surface area contributed by atoms with E-state index in [2.05, 4.69) is 19.1 Å². The second-order valence-corrected chi connectivity index (χ2v) is 9.42. The second-order valence-electron chi connectivity index (χ2n) is 9.42. The molecule has 0 saturated carbocycles. The van der Waals surface area contributed by atoms with Crippen molar-refractivity contribution in [2.75, 3.05) is 20.7 Å². The molecule has 0 spiro atoms. The van der Waals surface area contributed by atoms with Crippen LogP contribution in [0.2, 0.25) is 0 Å². The minimum atomic E-state index is -0.934. The highest BCUT2D eigenvalue weighted by Crippen LogP contribution is 2.30. The third-order valence-electron chi connectivity index (χ3n) is 6.26. The van der Waals surface area contributed by atoms with E-state index in [-0.39, 0.29) is 38.4 Å². The molecule has 0 aliphatic rings. The van der Waals surface area contributed by atoms with E-state index in [4.69, 9.17) is 14.6 Å². The van der Waals surface area contributed by atoms with Crippen molar-refractivity contribution in [1.29, 1.82) is 0 Å². The standard InChI is InChI=1S/C31H35NO7/c1-4-21-10-12-22(13-11-21)24-17-25(31(37)32(2)3)19-26(18-24)39-20-23-7-5-8-28(27(23)14-15-30(35)36)38-16-6-9-29(33)34/h5,7-8,10-13,17-19H,4,6,9,14-16,20H2,1-3H3,(H,33,34)(H,35,36). The first-order chi connectivity index (χ1) is 18.7. The molecule has 0 unspecified atom stereocenters. The molecule has 3 rings (SSSR count). The van der Waals surface area contributed by atoms with Gasteiger partial charge in [0.2, 0.25) is 0 Å². The van der Waals surface area contributed by atoms with Gasteiger partial charge in [-0.25, -0.2) is 0 Å². The number of aliphatic carboxylic acids is 2. The van der Waals surface area contributed by atoms with Crippen LogP contribution < -0.4 is 9.47 Å². The molecule has 0 saturated heterocycles. The van der Waals surface area contributed by atoms with E-state index in [1.807, 2.05) is 30.3 Å². The molecule has 0 heterocycles. The summed E-state index contributed by atoms with van der Waals surface area (Å²) in [5.74, 6) is -0.963. The van der Waals surface area contributed by atoms with Crippen molar-refractivity contribution < 1.29 is 34.1 Å². The maximum absolute atomic E-state index is 12.8. The van der Waals surface area contributed by atoms with Crippen molar-refractivity contribution >= 4 is 17.8 Å². The number of carboxylic acids is 2. The van der Waals surface area contributed by atoms with Crippen LogP contribution >= 0.6 is 0 Å². The molecular formula is C31H35NO7. The molecule has 2 N–H and O–H groups in total. The van der Waals surface area contributed by atoms with Crippen molar-refractivity contribution in [2.24, 2.45) is 0 Å². The van der Waals surface area contributed by atoms with Gasteiger partial charge >= 0.3 is 11.9 Å². The first-order valence-electron chi connectivity index (χ1n) is 12.9. The lowest BCUT2D eigenvalue weighted by Crippen LogP contribution is -2.21. The van der Waals surface area contributed by atoms with Crippen molar-refractivity contribution in [2.45, 2.75) is 45.6 Å². The molecule has 0 atom stereocenters. The lowest BCUT2D eigenvalue weighted by molar-refractivity contribution is -0.138. The van der Waals surface area contributed by atoms with Crippen molar-refractivity contribution in [3.05, 3.63) is 82.9 Å². The Bertz CT molecular complexity index is 1300. The van der Waals surface area contributed by atoms with Crippen LogP contribution in [-0.2, 0) is 29.0 Å². The number of hydrogen-bond donors (Lipinski definition) is 2. The van der Waals surface area contributed by atoms with E-state index in [1.54, 1.807) is 32.3 Å². The highest BCUT2D eigenvalue weighted by Gasteiger charge is 2.15. The number of benzene rings is 3. The Labute approximate surface area is 228 Å². The number of aryl methyl sites for hydroxylation is 1. The average Bonchev–Trinajstić information content (AvgIpc) is 2.92. The Morgan fingerprint density at radius 1 is 0.846 bits per heavy atom. The molecule has 0 aliphatic carbocycles. The van der Waals surface area contributed by atoms with Gasteiger partial charge in [-0.1, -0.05) is 43.3 Å². The van der Waals surface area contributed by atoms with E-state index in [0.717, 1.165) is 23.1 Å². The Balaban J connectivity index is 1.89. The molecular weight excluding hydrogens is 498 g/mol. The molecule has 39 heavy (non-hydrogen) atoms. The molecule has 8 nitrogen and oxygen atoms in total. The first kappa shape index (κ1) is 29.2. The summed E-state index contributed by atoms with van der Waals surface area (Å²) in [5.41, 5.74) is 4.98. The maximum Gasteiger partial charge on any atom is 0.303 e. The van der Waals surface area contributed by atoms with Crippen LogP contribution in [0.3, 0.4) is 0 Å². The van der Waals surface area contributed by atoms with Crippen LogP contribution in [0, 0.1) is 0 Å². The van der Waals surface area contributed by atoms with Gasteiger partial charge < -0.3 is 24.6 Å². The molecule has 206 valence electrons. The smallest absolute Gasteiger partial charge is 0.303 e. The number of carbonyl (C=O) groups is 3. The topological polar surface area (TPSA) is 113 Å². The summed E-state index contributed by atoms with van der Waals surface area (Å²) < 4.78 is 12.0. The van der Waals surface area contributed by atoms with E-state index in [0.29, 0.717) is 29.0 Å². The van der Waals surface area contributed by atoms with Gasteiger partial charge in [-0.15, -0.1) is 0 Å². The molecule has 0 aromatic heterocycles. The Morgan fingerprint density at radius 2 is 1.56 bits per heavy atom. The molecule has 8 heteroatoms. The quantitative estimate of drug-likeness (QED) is 0.265. The van der Waals surface area contributed by atoms with Gasteiger partial charge in [-0.2, -0.15) is 0 Å². The van der Waals surface area contributed by atoms with E-state index in [1.165, 1.54) is 10.5 Å². The fourth-order valence-electron chi connectivity index (χ4n) is 4.13. The van der Waals surface area contributed by atoms with Crippen LogP contribution in [0.15, 0.2) is 60.7 Å². The minimum absolute atomic E-state index is 0.0151. The highest BCUT2D eigenvalue weighted by molar-refractivity contribution is 5.95. The van der Waals surface area contributed by atoms with Crippen molar-refractivity contribution in [3.8, 4) is 22.6 Å². The van der Waals surface area contributed by atoms with E-state index in [9.17, 15) is 19.5 Å². The normalized spacial score (nSPS) is 10.6. The second kappa shape index (κ2) is 14.0. The highest BCUT2D eigenvalue weighted by atomic mass is 16.5. The average molecular weight is 534 g/mol. The number of hydrogen-bond acceptors (Lipinski definition) is 5. The summed E-state index contributed by atoms with van der Waals surface area (Å²) >= 11 is 0. The van der Waals surface area contributed by atoms with Crippen LogP contribution in [-0.4, -0.2) is 53.7 Å². The molecule has 0 radical (unpaired) electrons. The fourth-order valence-corrected chi connectivity index (χ4v) is 4.13. The Morgan fingerprint density at radius 3 is 2.21 bits per heavy atom. The van der Waals surface area contributed by atoms with Crippen molar-refractivity contribution in [1.82, 2.24) is 4.90 Å². The lowest BCUT2D eigenvalue weighted by Gasteiger charge is -2.17. The molecule has 3 aromatic carbocycles. The summed E-state index contributed by atoms with van der Waals surface area (Å²) in [5, 5.41) is 18.1. The van der Waals surface area contributed by atoms with Gasteiger partial charge in [0.1, 0.15) is 18.1 Å². The maximum atomic E-state index is 12.8. The van der Waals surface area contributed by atoms with E-state index >= 15 is 0 Å². The molecule has 0 fully saturated rings. The van der Waals surface area contributed by atoms with Crippen LogP contribution in [0.25, 0.3) is 11.1 Å². The third-order valence-corrected chi connectivity index (χ3v) is 6.26. The minimum Gasteiger partial charge on any atom is -0.493 e. The number of carboxylic acid groups (broad SMARTS) is 2. The summed E-state index contributed by atoms with van der Waals surface area (Å²) in [7, 11) is 3.39. The SMILES string of the molecule is CCc1ccc(-c2cc(OCc3cccc(OCCCC(=O)O)c3CCC(=O)O)cc(C(=O)N(C)C)c2)cc1. The largest absolute Gasteiger partial charge is 0.493 e.